The maximum atomic E-state index is 10.0. The lowest BCUT2D eigenvalue weighted by Gasteiger charge is -2.28. The van der Waals surface area contributed by atoms with Crippen molar-refractivity contribution in [1.82, 2.24) is 0 Å². The molecule has 0 bridgehead atoms. The topological polar surface area (TPSA) is 55.5 Å². The Balaban J connectivity index is 2.25. The number of rotatable bonds is 6. The molecule has 3 nitrogen and oxygen atoms in total. The van der Waals surface area contributed by atoms with Crippen LogP contribution >= 0.6 is 0 Å². The zero-order valence-electron chi connectivity index (χ0n) is 10.9. The minimum absolute atomic E-state index is 0.224. The second kappa shape index (κ2) is 5.99. The van der Waals surface area contributed by atoms with Crippen LogP contribution in [0.3, 0.4) is 0 Å². The monoisotopic (exact) mass is 229 g/mol. The lowest BCUT2D eigenvalue weighted by molar-refractivity contribution is -0.0714. The third-order valence-electron chi connectivity index (χ3n) is 4.09. The first-order valence-electron chi connectivity index (χ1n) is 6.47. The summed E-state index contributed by atoms with van der Waals surface area (Å²) in [6, 6.07) is 0. The Labute approximate surface area is 99.4 Å². The lowest BCUT2D eigenvalue weighted by Crippen LogP contribution is -2.37. The van der Waals surface area contributed by atoms with Gasteiger partial charge in [-0.15, -0.1) is 0 Å². The molecule has 3 atom stereocenters. The van der Waals surface area contributed by atoms with E-state index in [-0.39, 0.29) is 5.92 Å². The van der Waals surface area contributed by atoms with Crippen LogP contribution in [0.25, 0.3) is 0 Å². The van der Waals surface area contributed by atoms with Crippen molar-refractivity contribution in [2.45, 2.75) is 45.6 Å². The molecular formula is C13H27NO2. The van der Waals surface area contributed by atoms with Gasteiger partial charge in [0, 0.05) is 6.61 Å². The van der Waals surface area contributed by atoms with Crippen molar-refractivity contribution >= 4 is 0 Å². The van der Waals surface area contributed by atoms with Crippen LogP contribution in [0.2, 0.25) is 0 Å². The summed E-state index contributed by atoms with van der Waals surface area (Å²) in [6.07, 6.45) is 3.74. The molecule has 0 heterocycles. The summed E-state index contributed by atoms with van der Waals surface area (Å²) in [4.78, 5) is 0. The average molecular weight is 229 g/mol. The van der Waals surface area contributed by atoms with Gasteiger partial charge in [-0.25, -0.2) is 0 Å². The maximum Gasteiger partial charge on any atom is 0.0874 e. The minimum atomic E-state index is -0.711. The molecule has 0 aromatic carbocycles. The molecule has 3 unspecified atom stereocenters. The highest BCUT2D eigenvalue weighted by Crippen LogP contribution is 2.31. The van der Waals surface area contributed by atoms with Gasteiger partial charge in [-0.05, 0) is 44.1 Å². The fourth-order valence-electron chi connectivity index (χ4n) is 2.23. The molecule has 0 spiro atoms. The van der Waals surface area contributed by atoms with Crippen molar-refractivity contribution in [3.8, 4) is 0 Å². The smallest absolute Gasteiger partial charge is 0.0874 e. The Morgan fingerprint density at radius 1 is 1.38 bits per heavy atom. The van der Waals surface area contributed by atoms with Gasteiger partial charge in [0.1, 0.15) is 0 Å². The van der Waals surface area contributed by atoms with Crippen LogP contribution in [0.4, 0.5) is 0 Å². The highest BCUT2D eigenvalue weighted by Gasteiger charge is 2.29. The summed E-state index contributed by atoms with van der Waals surface area (Å²) in [7, 11) is 0. The maximum absolute atomic E-state index is 10.0. The Hall–Kier alpha value is -0.120. The fraction of sp³-hybridized carbons (Fsp3) is 1.00. The first-order chi connectivity index (χ1) is 7.47. The van der Waals surface area contributed by atoms with E-state index in [4.69, 9.17) is 10.5 Å². The Morgan fingerprint density at radius 2 is 2.00 bits per heavy atom. The third-order valence-corrected chi connectivity index (χ3v) is 4.09. The first kappa shape index (κ1) is 13.9. The van der Waals surface area contributed by atoms with E-state index in [0.717, 1.165) is 13.2 Å². The van der Waals surface area contributed by atoms with Crippen LogP contribution in [0, 0.1) is 17.8 Å². The zero-order valence-corrected chi connectivity index (χ0v) is 10.9. The molecule has 1 aliphatic rings. The molecule has 0 aromatic rings. The van der Waals surface area contributed by atoms with Crippen LogP contribution in [0.5, 0.6) is 0 Å². The van der Waals surface area contributed by atoms with Gasteiger partial charge in [0.15, 0.2) is 0 Å². The van der Waals surface area contributed by atoms with Gasteiger partial charge in [-0.3, -0.25) is 0 Å². The Bertz CT molecular complexity index is 204. The SMILES string of the molecule is CC(C)C(C)(O)COCC1CCCC1CN. The van der Waals surface area contributed by atoms with Gasteiger partial charge >= 0.3 is 0 Å². The predicted molar refractivity (Wildman–Crippen MR) is 66.2 cm³/mol. The van der Waals surface area contributed by atoms with Crippen molar-refractivity contribution in [1.29, 1.82) is 0 Å². The van der Waals surface area contributed by atoms with Crippen molar-refractivity contribution in [2.24, 2.45) is 23.5 Å². The van der Waals surface area contributed by atoms with E-state index in [1.807, 2.05) is 20.8 Å². The standard InChI is InChI=1S/C13H27NO2/c1-10(2)13(3,15)9-16-8-12-6-4-5-11(12)7-14/h10-12,15H,4-9,14H2,1-3H3. The van der Waals surface area contributed by atoms with Gasteiger partial charge in [0.25, 0.3) is 0 Å². The predicted octanol–water partition coefficient (Wildman–Crippen LogP) is 1.78. The zero-order chi connectivity index (χ0) is 12.2. The molecule has 0 aliphatic heterocycles. The lowest BCUT2D eigenvalue weighted by atomic mass is 9.93. The van der Waals surface area contributed by atoms with Gasteiger partial charge < -0.3 is 15.6 Å². The fourth-order valence-corrected chi connectivity index (χ4v) is 2.23. The summed E-state index contributed by atoms with van der Waals surface area (Å²) in [5.74, 6) is 1.46. The van der Waals surface area contributed by atoms with Crippen molar-refractivity contribution in [3.05, 3.63) is 0 Å². The highest BCUT2D eigenvalue weighted by molar-refractivity contribution is 4.79. The Morgan fingerprint density at radius 3 is 2.56 bits per heavy atom. The molecule has 16 heavy (non-hydrogen) atoms. The summed E-state index contributed by atoms with van der Waals surface area (Å²) in [6.45, 7) is 7.83. The van der Waals surface area contributed by atoms with Gasteiger partial charge in [-0.2, -0.15) is 0 Å². The van der Waals surface area contributed by atoms with E-state index in [2.05, 4.69) is 0 Å². The molecule has 0 aromatic heterocycles. The van der Waals surface area contributed by atoms with E-state index < -0.39 is 5.60 Å². The molecule has 1 aliphatic carbocycles. The minimum Gasteiger partial charge on any atom is -0.388 e. The second-order valence-corrected chi connectivity index (χ2v) is 5.71. The number of ether oxygens (including phenoxy) is 1. The molecule has 3 N–H and O–H groups in total. The Kier molecular flexibility index (Phi) is 5.22. The van der Waals surface area contributed by atoms with E-state index in [1.165, 1.54) is 19.3 Å². The molecule has 1 rings (SSSR count). The highest BCUT2D eigenvalue weighted by atomic mass is 16.5. The molecular weight excluding hydrogens is 202 g/mol. The summed E-state index contributed by atoms with van der Waals surface area (Å²) in [5, 5.41) is 10.0. The van der Waals surface area contributed by atoms with E-state index in [9.17, 15) is 5.11 Å². The second-order valence-electron chi connectivity index (χ2n) is 5.71. The normalized spacial score (nSPS) is 29.6. The van der Waals surface area contributed by atoms with Crippen molar-refractivity contribution in [3.63, 3.8) is 0 Å². The average Bonchev–Trinajstić information content (AvgIpc) is 2.64. The van der Waals surface area contributed by atoms with Gasteiger partial charge in [-0.1, -0.05) is 20.3 Å². The summed E-state index contributed by atoms with van der Waals surface area (Å²) >= 11 is 0. The van der Waals surface area contributed by atoms with Gasteiger partial charge in [0.05, 0.1) is 12.2 Å². The molecule has 0 amide bonds. The van der Waals surface area contributed by atoms with Crippen LogP contribution in [-0.2, 0) is 4.74 Å². The number of aliphatic hydroxyl groups is 1. The molecule has 1 saturated carbocycles. The van der Waals surface area contributed by atoms with E-state index >= 15 is 0 Å². The van der Waals surface area contributed by atoms with E-state index in [0.29, 0.717) is 18.4 Å². The molecule has 1 fully saturated rings. The van der Waals surface area contributed by atoms with Crippen LogP contribution < -0.4 is 5.73 Å². The van der Waals surface area contributed by atoms with Crippen molar-refractivity contribution in [2.75, 3.05) is 19.8 Å². The van der Waals surface area contributed by atoms with Crippen LogP contribution in [-0.4, -0.2) is 30.5 Å². The van der Waals surface area contributed by atoms with Crippen molar-refractivity contribution < 1.29 is 9.84 Å². The molecule has 0 radical (unpaired) electrons. The molecule has 96 valence electrons. The quantitative estimate of drug-likeness (QED) is 0.730. The molecule has 3 heteroatoms. The number of nitrogens with two attached hydrogens (primary N) is 1. The largest absolute Gasteiger partial charge is 0.388 e. The summed E-state index contributed by atoms with van der Waals surface area (Å²) in [5.41, 5.74) is 5.01. The van der Waals surface area contributed by atoms with Gasteiger partial charge in [0.2, 0.25) is 0 Å². The number of hydrogen-bond donors (Lipinski definition) is 2. The van der Waals surface area contributed by atoms with E-state index in [1.54, 1.807) is 0 Å². The summed E-state index contributed by atoms with van der Waals surface area (Å²) < 4.78 is 5.67. The third kappa shape index (κ3) is 3.72. The first-order valence-corrected chi connectivity index (χ1v) is 6.47. The van der Waals surface area contributed by atoms with Crippen LogP contribution in [0.15, 0.2) is 0 Å². The molecule has 0 saturated heterocycles. The number of hydrogen-bond acceptors (Lipinski definition) is 3. The van der Waals surface area contributed by atoms with Crippen LogP contribution in [0.1, 0.15) is 40.0 Å².